The van der Waals surface area contributed by atoms with Crippen molar-refractivity contribution >= 4 is 28.2 Å². The van der Waals surface area contributed by atoms with Crippen molar-refractivity contribution < 1.29 is 14.3 Å². The largest absolute Gasteiger partial charge is 0.462 e. The van der Waals surface area contributed by atoms with Crippen molar-refractivity contribution in [2.75, 3.05) is 25.0 Å². The van der Waals surface area contributed by atoms with Gasteiger partial charge in [0.2, 0.25) is 5.91 Å². The number of amides is 1. The number of hydrogen-bond donors (Lipinski definition) is 2. The summed E-state index contributed by atoms with van der Waals surface area (Å²) in [6.45, 7) is 3.95. The van der Waals surface area contributed by atoms with E-state index in [1.165, 1.54) is 16.2 Å². The summed E-state index contributed by atoms with van der Waals surface area (Å²) < 4.78 is 5.15. The summed E-state index contributed by atoms with van der Waals surface area (Å²) in [5, 5.41) is 6.76. The average molecular weight is 308 g/mol. The number of nitrogens with one attached hydrogen (secondary N) is 2. The van der Waals surface area contributed by atoms with Crippen LogP contribution in [0.5, 0.6) is 0 Å². The van der Waals surface area contributed by atoms with E-state index >= 15 is 0 Å². The van der Waals surface area contributed by atoms with Crippen molar-refractivity contribution in [3.63, 3.8) is 0 Å². The van der Waals surface area contributed by atoms with Crippen molar-refractivity contribution in [3.05, 3.63) is 16.0 Å². The minimum atomic E-state index is -0.308. The van der Waals surface area contributed by atoms with Gasteiger partial charge in [-0.1, -0.05) is 0 Å². The summed E-state index contributed by atoms with van der Waals surface area (Å²) in [4.78, 5) is 25.5. The molecule has 0 radical (unpaired) electrons. The van der Waals surface area contributed by atoms with Gasteiger partial charge < -0.3 is 15.4 Å². The number of carbonyl (C=O) groups excluding carboxylic acids is 2. The first-order valence-corrected chi connectivity index (χ1v) is 8.33. The molecule has 5 nitrogen and oxygen atoms in total. The fourth-order valence-electron chi connectivity index (χ4n) is 2.84. The maximum absolute atomic E-state index is 12.2. The summed E-state index contributed by atoms with van der Waals surface area (Å²) in [6, 6.07) is 0. The molecule has 6 heteroatoms. The third-order valence-electron chi connectivity index (χ3n) is 3.99. The van der Waals surface area contributed by atoms with E-state index in [9.17, 15) is 9.59 Å². The van der Waals surface area contributed by atoms with Crippen molar-refractivity contribution in [2.45, 2.75) is 32.6 Å². The summed E-state index contributed by atoms with van der Waals surface area (Å²) in [5.41, 5.74) is 1.67. The Kier molecular flexibility index (Phi) is 4.26. The molecular weight excluding hydrogens is 288 g/mol. The van der Waals surface area contributed by atoms with Gasteiger partial charge in [-0.15, -0.1) is 11.3 Å². The van der Waals surface area contributed by atoms with Crippen LogP contribution in [0.1, 0.15) is 40.6 Å². The first-order chi connectivity index (χ1) is 10.2. The first kappa shape index (κ1) is 14.5. The number of esters is 1. The van der Waals surface area contributed by atoms with Gasteiger partial charge in [0.25, 0.3) is 0 Å². The molecule has 1 aromatic heterocycles. The Morgan fingerprint density at radius 2 is 2.19 bits per heavy atom. The maximum atomic E-state index is 12.2. The van der Waals surface area contributed by atoms with Gasteiger partial charge in [0, 0.05) is 11.3 Å². The first-order valence-electron chi connectivity index (χ1n) is 7.51. The molecule has 3 rings (SSSR count). The highest BCUT2D eigenvalue weighted by molar-refractivity contribution is 7.17. The summed E-state index contributed by atoms with van der Waals surface area (Å²) in [7, 11) is 0. The third kappa shape index (κ3) is 2.96. The number of thiophene rings is 1. The molecule has 0 saturated carbocycles. The SMILES string of the molecule is CCOC(=O)c1c(NC(=O)CC2CNC2)sc2c1CCC2. The van der Waals surface area contributed by atoms with Crippen molar-refractivity contribution in [3.8, 4) is 0 Å². The molecule has 0 atom stereocenters. The van der Waals surface area contributed by atoms with E-state index in [1.54, 1.807) is 6.92 Å². The second-order valence-corrected chi connectivity index (χ2v) is 6.66. The Balaban J connectivity index is 1.77. The Bertz CT molecular complexity index is 564. The molecule has 21 heavy (non-hydrogen) atoms. The van der Waals surface area contributed by atoms with E-state index in [0.717, 1.165) is 37.9 Å². The quantitative estimate of drug-likeness (QED) is 0.816. The number of ether oxygens (including phenoxy) is 1. The van der Waals surface area contributed by atoms with Crippen molar-refractivity contribution in [2.24, 2.45) is 5.92 Å². The molecule has 1 aromatic rings. The molecule has 2 aliphatic rings. The highest BCUT2D eigenvalue weighted by atomic mass is 32.1. The van der Waals surface area contributed by atoms with Gasteiger partial charge in [-0.25, -0.2) is 4.79 Å². The smallest absolute Gasteiger partial charge is 0.341 e. The van der Waals surface area contributed by atoms with Gasteiger partial charge in [0.15, 0.2) is 0 Å². The Labute approximate surface area is 128 Å². The average Bonchev–Trinajstić information content (AvgIpc) is 2.94. The highest BCUT2D eigenvalue weighted by Gasteiger charge is 2.29. The van der Waals surface area contributed by atoms with E-state index in [0.29, 0.717) is 29.5 Å². The van der Waals surface area contributed by atoms with Gasteiger partial charge in [-0.2, -0.15) is 0 Å². The topological polar surface area (TPSA) is 67.4 Å². The van der Waals surface area contributed by atoms with Crippen LogP contribution in [0.4, 0.5) is 5.00 Å². The molecule has 0 aromatic carbocycles. The fraction of sp³-hybridized carbons (Fsp3) is 0.600. The van der Waals surface area contributed by atoms with E-state index in [4.69, 9.17) is 4.74 Å². The lowest BCUT2D eigenvalue weighted by Gasteiger charge is -2.26. The fourth-order valence-corrected chi connectivity index (χ4v) is 4.14. The Morgan fingerprint density at radius 3 is 2.86 bits per heavy atom. The monoisotopic (exact) mass is 308 g/mol. The van der Waals surface area contributed by atoms with Crippen LogP contribution in [0.2, 0.25) is 0 Å². The molecular formula is C15H20N2O3S. The molecule has 0 unspecified atom stereocenters. The molecule has 1 saturated heterocycles. The minimum Gasteiger partial charge on any atom is -0.462 e. The zero-order valence-corrected chi connectivity index (χ0v) is 13.0. The normalized spacial score (nSPS) is 17.2. The zero-order valence-electron chi connectivity index (χ0n) is 12.2. The number of hydrogen-bond acceptors (Lipinski definition) is 5. The Morgan fingerprint density at radius 1 is 1.38 bits per heavy atom. The zero-order chi connectivity index (χ0) is 14.8. The predicted molar refractivity (Wildman–Crippen MR) is 81.9 cm³/mol. The molecule has 0 spiro atoms. The second kappa shape index (κ2) is 6.15. The molecule has 1 amide bonds. The van der Waals surface area contributed by atoms with Gasteiger partial charge in [0.05, 0.1) is 12.2 Å². The van der Waals surface area contributed by atoms with Gasteiger partial charge >= 0.3 is 5.97 Å². The minimum absolute atomic E-state index is 0.00743. The van der Waals surface area contributed by atoms with Gasteiger partial charge in [-0.3, -0.25) is 4.79 Å². The van der Waals surface area contributed by atoms with Crippen LogP contribution in [-0.2, 0) is 22.4 Å². The van der Waals surface area contributed by atoms with Crippen LogP contribution >= 0.6 is 11.3 Å². The number of aryl methyl sites for hydroxylation is 1. The predicted octanol–water partition coefficient (Wildman–Crippen LogP) is 1.96. The molecule has 1 aliphatic heterocycles. The highest BCUT2D eigenvalue weighted by Crippen LogP contribution is 2.39. The van der Waals surface area contributed by atoms with Crippen LogP contribution in [0.25, 0.3) is 0 Å². The van der Waals surface area contributed by atoms with Crippen molar-refractivity contribution in [1.29, 1.82) is 0 Å². The van der Waals surface area contributed by atoms with E-state index in [2.05, 4.69) is 10.6 Å². The molecule has 114 valence electrons. The molecule has 1 aliphatic carbocycles. The van der Waals surface area contributed by atoms with Crippen LogP contribution in [-0.4, -0.2) is 31.6 Å². The number of fused-ring (bicyclic) bond motifs is 1. The number of anilines is 1. The van der Waals surface area contributed by atoms with Crippen LogP contribution < -0.4 is 10.6 Å². The lowest BCUT2D eigenvalue weighted by Crippen LogP contribution is -2.43. The van der Waals surface area contributed by atoms with Crippen molar-refractivity contribution in [1.82, 2.24) is 5.32 Å². The summed E-state index contributed by atoms with van der Waals surface area (Å²) in [6.07, 6.45) is 3.49. The standard InChI is InChI=1S/C15H20N2O3S/c1-2-20-15(19)13-10-4-3-5-11(10)21-14(13)17-12(18)6-9-7-16-8-9/h9,16H,2-8H2,1H3,(H,17,18). The van der Waals surface area contributed by atoms with Crippen LogP contribution in [0.3, 0.4) is 0 Å². The Hall–Kier alpha value is -1.40. The van der Waals surface area contributed by atoms with Crippen LogP contribution in [0, 0.1) is 5.92 Å². The summed E-state index contributed by atoms with van der Waals surface area (Å²) >= 11 is 1.54. The third-order valence-corrected chi connectivity index (χ3v) is 5.20. The molecule has 2 heterocycles. The lowest BCUT2D eigenvalue weighted by atomic mass is 9.99. The number of carbonyl (C=O) groups is 2. The maximum Gasteiger partial charge on any atom is 0.341 e. The molecule has 1 fully saturated rings. The van der Waals surface area contributed by atoms with E-state index < -0.39 is 0 Å². The molecule has 0 bridgehead atoms. The van der Waals surface area contributed by atoms with Gasteiger partial charge in [0.1, 0.15) is 5.00 Å². The van der Waals surface area contributed by atoms with E-state index in [-0.39, 0.29) is 11.9 Å². The second-order valence-electron chi connectivity index (χ2n) is 5.56. The summed E-state index contributed by atoms with van der Waals surface area (Å²) in [5.74, 6) is 0.104. The van der Waals surface area contributed by atoms with E-state index in [1.807, 2.05) is 0 Å². The lowest BCUT2D eigenvalue weighted by molar-refractivity contribution is -0.117. The molecule has 2 N–H and O–H groups in total. The van der Waals surface area contributed by atoms with Gasteiger partial charge in [-0.05, 0) is 50.8 Å². The number of rotatable bonds is 5. The van der Waals surface area contributed by atoms with Crippen LogP contribution in [0.15, 0.2) is 0 Å².